The highest BCUT2D eigenvalue weighted by Crippen LogP contribution is 2.20. The smallest absolute Gasteiger partial charge is 0.129 e. The second-order valence-corrected chi connectivity index (χ2v) is 7.72. The molecule has 0 unspecified atom stereocenters. The number of allylic oxidation sites excluding steroid dienone is 9. The highest BCUT2D eigenvalue weighted by Gasteiger charge is 2.09. The minimum Gasteiger partial charge on any atom is -0.258 e. The van der Waals surface area contributed by atoms with Crippen molar-refractivity contribution in [3.05, 3.63) is 94.9 Å². The van der Waals surface area contributed by atoms with E-state index in [1.807, 2.05) is 39.0 Å². The van der Waals surface area contributed by atoms with Crippen molar-refractivity contribution in [1.82, 2.24) is 9.97 Å². The Morgan fingerprint density at radius 3 is 2.52 bits per heavy atom. The van der Waals surface area contributed by atoms with E-state index >= 15 is 0 Å². The van der Waals surface area contributed by atoms with E-state index in [1.165, 1.54) is 12.1 Å². The van der Waals surface area contributed by atoms with E-state index in [1.54, 1.807) is 12.1 Å². The van der Waals surface area contributed by atoms with Crippen LogP contribution in [0, 0.1) is 12.7 Å². The fourth-order valence-electron chi connectivity index (χ4n) is 3.38. The molecule has 0 saturated carbocycles. The summed E-state index contributed by atoms with van der Waals surface area (Å²) in [5.74, 6) is 0.416. The highest BCUT2D eigenvalue weighted by atomic mass is 19.1. The molecule has 0 amide bonds. The number of aryl methyl sites for hydroxylation is 2. The zero-order valence-corrected chi connectivity index (χ0v) is 19.5. The van der Waals surface area contributed by atoms with Crippen molar-refractivity contribution in [1.29, 1.82) is 0 Å². The molecule has 0 saturated heterocycles. The minimum atomic E-state index is -0.287. The molecular weight excluding hydrogens is 385 g/mol. The zero-order valence-electron chi connectivity index (χ0n) is 19.5. The van der Waals surface area contributed by atoms with Gasteiger partial charge >= 0.3 is 0 Å². The normalized spacial score (nSPS) is 13.2. The van der Waals surface area contributed by atoms with Gasteiger partial charge in [-0.2, -0.15) is 0 Å². The van der Waals surface area contributed by atoms with Crippen molar-refractivity contribution in [3.8, 4) is 0 Å². The Morgan fingerprint density at radius 2 is 1.87 bits per heavy atom. The zero-order chi connectivity index (χ0) is 23.0. The Morgan fingerprint density at radius 1 is 1.13 bits per heavy atom. The lowest BCUT2D eigenvalue weighted by atomic mass is 10.0. The van der Waals surface area contributed by atoms with Crippen LogP contribution >= 0.6 is 0 Å². The van der Waals surface area contributed by atoms with Crippen LogP contribution < -0.4 is 0 Å². The monoisotopic (exact) mass is 417 g/mol. The lowest BCUT2D eigenvalue weighted by Gasteiger charge is -2.11. The summed E-state index contributed by atoms with van der Waals surface area (Å²) in [6, 6.07) is 4.64. The summed E-state index contributed by atoms with van der Waals surface area (Å²) >= 11 is 0. The highest BCUT2D eigenvalue weighted by molar-refractivity contribution is 6.02. The van der Waals surface area contributed by atoms with Crippen molar-refractivity contribution in [2.45, 2.75) is 54.4 Å². The molecule has 0 N–H and O–H groups in total. The predicted molar refractivity (Wildman–Crippen MR) is 131 cm³/mol. The molecule has 1 heterocycles. The van der Waals surface area contributed by atoms with E-state index in [9.17, 15) is 4.39 Å². The van der Waals surface area contributed by atoms with Crippen molar-refractivity contribution in [2.24, 2.45) is 4.99 Å². The second kappa shape index (κ2) is 11.3. The van der Waals surface area contributed by atoms with Crippen LogP contribution in [0.1, 0.15) is 52.6 Å². The van der Waals surface area contributed by atoms with E-state index in [0.29, 0.717) is 24.2 Å². The number of aromatic nitrogens is 2. The molecule has 4 heteroatoms. The number of benzene rings is 1. The van der Waals surface area contributed by atoms with Gasteiger partial charge in [0.15, 0.2) is 0 Å². The van der Waals surface area contributed by atoms with Crippen molar-refractivity contribution in [2.75, 3.05) is 0 Å². The minimum absolute atomic E-state index is 0.287. The molecule has 0 aliphatic rings. The summed E-state index contributed by atoms with van der Waals surface area (Å²) in [5.41, 5.74) is 6.83. The first kappa shape index (κ1) is 24.1. The molecule has 2 rings (SSSR count). The molecule has 0 bridgehead atoms. The fraction of sp³-hybridized carbons (Fsp3) is 0.296. The Labute approximate surface area is 185 Å². The molecule has 0 aliphatic carbocycles. The van der Waals surface area contributed by atoms with Gasteiger partial charge in [0, 0.05) is 35.0 Å². The van der Waals surface area contributed by atoms with Crippen molar-refractivity contribution in [3.63, 3.8) is 0 Å². The standard InChI is InChI=1S/C27H32FN3/c1-8-10-12-23(19(5)11-9-2)20(6)29-25(18(3)4)15-16-27-30-21(7)24-14-13-22(28)17-26(24)31-27/h8-14,17H,1,15-16H2,2-7H3/b11-9-,12-10-,23-19-,29-20?. The summed E-state index contributed by atoms with van der Waals surface area (Å²) in [6.45, 7) is 15.9. The van der Waals surface area contributed by atoms with Gasteiger partial charge in [0.05, 0.1) is 5.52 Å². The Balaban J connectivity index is 2.34. The SMILES string of the molecule is C=C\C=C/C(C(C)=NC(CCc1nc(C)c2ccc(F)cc2n1)=C(C)C)=C(C)/C=C\C. The van der Waals surface area contributed by atoms with Gasteiger partial charge in [-0.1, -0.05) is 42.5 Å². The van der Waals surface area contributed by atoms with Gasteiger partial charge in [-0.3, -0.25) is 4.99 Å². The summed E-state index contributed by atoms with van der Waals surface area (Å²) in [7, 11) is 0. The Kier molecular flexibility index (Phi) is 8.80. The number of hydrogen-bond acceptors (Lipinski definition) is 3. The van der Waals surface area contributed by atoms with Gasteiger partial charge in [0.25, 0.3) is 0 Å². The molecule has 0 fully saturated rings. The van der Waals surface area contributed by atoms with Gasteiger partial charge in [-0.25, -0.2) is 14.4 Å². The van der Waals surface area contributed by atoms with Gasteiger partial charge < -0.3 is 0 Å². The van der Waals surface area contributed by atoms with E-state index in [0.717, 1.165) is 39.2 Å². The first-order chi connectivity index (χ1) is 14.8. The second-order valence-electron chi connectivity index (χ2n) is 7.72. The molecule has 0 spiro atoms. The van der Waals surface area contributed by atoms with Crippen LogP contribution in [0.3, 0.4) is 0 Å². The molecule has 162 valence electrons. The van der Waals surface area contributed by atoms with Crippen molar-refractivity contribution < 1.29 is 4.39 Å². The molecule has 0 aliphatic heterocycles. The van der Waals surface area contributed by atoms with Crippen LogP contribution in [-0.2, 0) is 6.42 Å². The largest absolute Gasteiger partial charge is 0.258 e. The van der Waals surface area contributed by atoms with E-state index in [2.05, 4.69) is 43.4 Å². The van der Waals surface area contributed by atoms with Gasteiger partial charge in [0.1, 0.15) is 11.6 Å². The summed E-state index contributed by atoms with van der Waals surface area (Å²) < 4.78 is 13.6. The van der Waals surface area contributed by atoms with Crippen LogP contribution in [-0.4, -0.2) is 15.7 Å². The molecule has 2 aromatic rings. The Bertz CT molecular complexity index is 1110. The van der Waals surface area contributed by atoms with Gasteiger partial charge in [0.2, 0.25) is 0 Å². The lowest BCUT2D eigenvalue weighted by Crippen LogP contribution is -2.03. The van der Waals surface area contributed by atoms with E-state index in [-0.39, 0.29) is 5.82 Å². The lowest BCUT2D eigenvalue weighted by molar-refractivity contribution is 0.629. The summed E-state index contributed by atoms with van der Waals surface area (Å²) in [5, 5.41) is 0.879. The van der Waals surface area contributed by atoms with E-state index < -0.39 is 0 Å². The third kappa shape index (κ3) is 6.68. The number of rotatable bonds is 8. The predicted octanol–water partition coefficient (Wildman–Crippen LogP) is 7.40. The maximum Gasteiger partial charge on any atom is 0.129 e. The number of halogens is 1. The van der Waals surface area contributed by atoms with Crippen molar-refractivity contribution >= 4 is 16.6 Å². The average molecular weight is 418 g/mol. The quantitative estimate of drug-likeness (QED) is 0.331. The molecule has 31 heavy (non-hydrogen) atoms. The molecule has 1 aromatic heterocycles. The average Bonchev–Trinajstić information content (AvgIpc) is 2.71. The van der Waals surface area contributed by atoms with Crippen LogP contribution in [0.5, 0.6) is 0 Å². The van der Waals surface area contributed by atoms with Crippen LogP contribution in [0.2, 0.25) is 0 Å². The molecule has 1 aromatic carbocycles. The van der Waals surface area contributed by atoms with Crippen LogP contribution in [0.25, 0.3) is 10.9 Å². The Hall–Kier alpha value is -3.14. The first-order valence-electron chi connectivity index (χ1n) is 10.5. The number of nitrogens with zero attached hydrogens (tertiary/aromatic N) is 3. The van der Waals surface area contributed by atoms with Crippen LogP contribution in [0.4, 0.5) is 4.39 Å². The molecule has 0 radical (unpaired) electrons. The third-order valence-corrected chi connectivity index (χ3v) is 4.99. The molecular formula is C27H32FN3. The fourth-order valence-corrected chi connectivity index (χ4v) is 3.38. The summed E-state index contributed by atoms with van der Waals surface area (Å²) in [4.78, 5) is 14.1. The molecule has 3 nitrogen and oxygen atoms in total. The number of aliphatic imine (C=N–C) groups is 1. The topological polar surface area (TPSA) is 38.1 Å². The first-order valence-corrected chi connectivity index (χ1v) is 10.5. The maximum atomic E-state index is 13.6. The number of hydrogen-bond donors (Lipinski definition) is 0. The van der Waals surface area contributed by atoms with Gasteiger partial charge in [-0.15, -0.1) is 0 Å². The van der Waals surface area contributed by atoms with Crippen LogP contribution in [0.15, 0.2) is 82.6 Å². The van der Waals surface area contributed by atoms with Gasteiger partial charge in [-0.05, 0) is 71.2 Å². The summed E-state index contributed by atoms with van der Waals surface area (Å²) in [6.07, 6.45) is 11.2. The maximum absolute atomic E-state index is 13.6. The third-order valence-electron chi connectivity index (χ3n) is 4.99. The number of fused-ring (bicyclic) bond motifs is 1. The molecule has 0 atom stereocenters. The van der Waals surface area contributed by atoms with E-state index in [4.69, 9.17) is 4.99 Å².